The fourth-order valence-corrected chi connectivity index (χ4v) is 2.89. The zero-order valence-corrected chi connectivity index (χ0v) is 13.1. The second-order valence-electron chi connectivity index (χ2n) is 5.42. The molecule has 3 rings (SSSR count). The van der Waals surface area contributed by atoms with E-state index in [4.69, 9.17) is 4.74 Å². The SMILES string of the molecule is CCN(CC)c1ncnc2c1ncn2[C@@H]1O[C@H](CO)[C@H](O)[C@H]1O. The maximum Gasteiger partial charge on any atom is 0.167 e. The van der Waals surface area contributed by atoms with Gasteiger partial charge in [-0.15, -0.1) is 0 Å². The van der Waals surface area contributed by atoms with Crippen molar-refractivity contribution in [2.75, 3.05) is 24.6 Å². The molecule has 1 saturated heterocycles. The standard InChI is InChI=1S/C14H21N5O4/c1-3-18(4-2)12-9-13(16-6-15-12)19(7-17-9)14-11(22)10(21)8(5-20)23-14/h6-8,10-11,14,20-22H,3-5H2,1-2H3/t8-,10+,11-,14-/m1/s1. The summed E-state index contributed by atoms with van der Waals surface area (Å²) in [5, 5.41) is 29.3. The first-order chi connectivity index (χ1) is 11.1. The van der Waals surface area contributed by atoms with Gasteiger partial charge in [-0.2, -0.15) is 0 Å². The van der Waals surface area contributed by atoms with Gasteiger partial charge in [0, 0.05) is 13.1 Å². The van der Waals surface area contributed by atoms with E-state index in [1.54, 1.807) is 4.57 Å². The van der Waals surface area contributed by atoms with Crippen LogP contribution in [0.2, 0.25) is 0 Å². The molecule has 0 radical (unpaired) electrons. The normalized spacial score (nSPS) is 27.7. The van der Waals surface area contributed by atoms with Crippen molar-refractivity contribution in [3.8, 4) is 0 Å². The summed E-state index contributed by atoms with van der Waals surface area (Å²) >= 11 is 0. The minimum Gasteiger partial charge on any atom is -0.394 e. The highest BCUT2D eigenvalue weighted by molar-refractivity contribution is 5.83. The van der Waals surface area contributed by atoms with Crippen LogP contribution in [0.1, 0.15) is 20.1 Å². The van der Waals surface area contributed by atoms with Crippen LogP contribution in [0.15, 0.2) is 12.7 Å². The monoisotopic (exact) mass is 323 g/mol. The van der Waals surface area contributed by atoms with Gasteiger partial charge in [-0.05, 0) is 13.8 Å². The molecule has 0 unspecified atom stereocenters. The molecule has 23 heavy (non-hydrogen) atoms. The van der Waals surface area contributed by atoms with Gasteiger partial charge in [0.05, 0.1) is 12.9 Å². The van der Waals surface area contributed by atoms with Gasteiger partial charge in [-0.3, -0.25) is 4.57 Å². The van der Waals surface area contributed by atoms with Gasteiger partial charge in [0.15, 0.2) is 23.2 Å². The second-order valence-corrected chi connectivity index (χ2v) is 5.42. The number of hydrogen-bond donors (Lipinski definition) is 3. The third kappa shape index (κ3) is 2.55. The first-order valence-corrected chi connectivity index (χ1v) is 7.67. The molecule has 126 valence electrons. The van der Waals surface area contributed by atoms with E-state index < -0.39 is 24.5 Å². The van der Waals surface area contributed by atoms with Gasteiger partial charge in [0.1, 0.15) is 24.6 Å². The summed E-state index contributed by atoms with van der Waals surface area (Å²) in [6.45, 7) is 5.24. The zero-order chi connectivity index (χ0) is 16.6. The first-order valence-electron chi connectivity index (χ1n) is 7.67. The molecule has 1 fully saturated rings. The fraction of sp³-hybridized carbons (Fsp3) is 0.643. The Hall–Kier alpha value is -1.81. The number of imidazole rings is 1. The van der Waals surface area contributed by atoms with Crippen molar-refractivity contribution in [3.63, 3.8) is 0 Å². The minimum atomic E-state index is -1.17. The molecule has 0 spiro atoms. The summed E-state index contributed by atoms with van der Waals surface area (Å²) in [6, 6.07) is 0. The van der Waals surface area contributed by atoms with E-state index in [0.29, 0.717) is 17.0 Å². The third-order valence-electron chi connectivity index (χ3n) is 4.19. The molecule has 1 aliphatic heterocycles. The molecule has 3 N–H and O–H groups in total. The molecule has 2 aromatic rings. The number of aliphatic hydroxyl groups is 3. The Bertz CT molecular complexity index is 674. The summed E-state index contributed by atoms with van der Waals surface area (Å²) in [5.41, 5.74) is 1.12. The van der Waals surface area contributed by atoms with E-state index in [1.165, 1.54) is 12.7 Å². The topological polar surface area (TPSA) is 117 Å². The van der Waals surface area contributed by atoms with Crippen molar-refractivity contribution < 1.29 is 20.1 Å². The quantitative estimate of drug-likeness (QED) is 0.660. The molecule has 3 heterocycles. The largest absolute Gasteiger partial charge is 0.394 e. The van der Waals surface area contributed by atoms with E-state index in [2.05, 4.69) is 19.9 Å². The molecular weight excluding hydrogens is 302 g/mol. The lowest BCUT2D eigenvalue weighted by Gasteiger charge is -2.20. The van der Waals surface area contributed by atoms with Crippen LogP contribution in [0.5, 0.6) is 0 Å². The third-order valence-corrected chi connectivity index (χ3v) is 4.19. The number of nitrogens with zero attached hydrogens (tertiary/aromatic N) is 5. The molecule has 1 aliphatic rings. The number of anilines is 1. The van der Waals surface area contributed by atoms with Crippen molar-refractivity contribution >= 4 is 17.0 Å². The predicted molar refractivity (Wildman–Crippen MR) is 81.9 cm³/mol. The van der Waals surface area contributed by atoms with Gasteiger partial charge in [-0.1, -0.05) is 0 Å². The number of hydrogen-bond acceptors (Lipinski definition) is 8. The smallest absolute Gasteiger partial charge is 0.167 e. The summed E-state index contributed by atoms with van der Waals surface area (Å²) in [4.78, 5) is 14.9. The Kier molecular flexibility index (Phi) is 4.44. The van der Waals surface area contributed by atoms with Crippen molar-refractivity contribution in [1.82, 2.24) is 19.5 Å². The molecule has 0 aliphatic carbocycles. The molecule has 2 aromatic heterocycles. The van der Waals surface area contributed by atoms with Crippen LogP contribution >= 0.6 is 0 Å². The molecule has 0 amide bonds. The molecule has 9 nitrogen and oxygen atoms in total. The van der Waals surface area contributed by atoms with Crippen molar-refractivity contribution in [1.29, 1.82) is 0 Å². The Balaban J connectivity index is 2.02. The van der Waals surface area contributed by atoms with E-state index >= 15 is 0 Å². The Morgan fingerprint density at radius 2 is 1.91 bits per heavy atom. The molecule has 0 aromatic carbocycles. The Morgan fingerprint density at radius 3 is 2.52 bits per heavy atom. The maximum absolute atomic E-state index is 10.2. The molecule has 9 heteroatoms. The van der Waals surface area contributed by atoms with E-state index in [9.17, 15) is 15.3 Å². The van der Waals surface area contributed by atoms with E-state index in [0.717, 1.165) is 13.1 Å². The number of rotatable bonds is 5. The summed E-state index contributed by atoms with van der Waals surface area (Å²) < 4.78 is 7.10. The lowest BCUT2D eigenvalue weighted by Crippen LogP contribution is -2.33. The summed E-state index contributed by atoms with van der Waals surface area (Å²) in [6.07, 6.45) is -1.08. The Morgan fingerprint density at radius 1 is 1.17 bits per heavy atom. The lowest BCUT2D eigenvalue weighted by atomic mass is 10.1. The number of aliphatic hydroxyl groups excluding tert-OH is 3. The van der Waals surface area contributed by atoms with Crippen molar-refractivity contribution in [2.24, 2.45) is 0 Å². The number of aromatic nitrogens is 4. The molecule has 0 bridgehead atoms. The van der Waals surface area contributed by atoms with Gasteiger partial charge in [0.25, 0.3) is 0 Å². The fourth-order valence-electron chi connectivity index (χ4n) is 2.89. The average molecular weight is 323 g/mol. The van der Waals surface area contributed by atoms with Gasteiger partial charge >= 0.3 is 0 Å². The van der Waals surface area contributed by atoms with Crippen molar-refractivity contribution in [2.45, 2.75) is 38.4 Å². The van der Waals surface area contributed by atoms with Crippen molar-refractivity contribution in [3.05, 3.63) is 12.7 Å². The lowest BCUT2D eigenvalue weighted by molar-refractivity contribution is -0.0511. The highest BCUT2D eigenvalue weighted by Crippen LogP contribution is 2.32. The highest BCUT2D eigenvalue weighted by atomic mass is 16.6. The van der Waals surface area contributed by atoms with Crippen LogP contribution in [0, 0.1) is 0 Å². The average Bonchev–Trinajstić information content (AvgIpc) is 3.11. The number of ether oxygens (including phenoxy) is 1. The van der Waals surface area contributed by atoms with E-state index in [1.807, 2.05) is 13.8 Å². The second kappa shape index (κ2) is 6.36. The van der Waals surface area contributed by atoms with Gasteiger partial charge in [-0.25, -0.2) is 15.0 Å². The zero-order valence-electron chi connectivity index (χ0n) is 13.1. The van der Waals surface area contributed by atoms with Gasteiger partial charge in [0.2, 0.25) is 0 Å². The predicted octanol–water partition coefficient (Wildman–Crippen LogP) is -0.716. The maximum atomic E-state index is 10.2. The van der Waals surface area contributed by atoms with Crippen LogP contribution in [0.3, 0.4) is 0 Å². The summed E-state index contributed by atoms with van der Waals surface area (Å²) in [7, 11) is 0. The first kappa shape index (κ1) is 16.1. The molecule has 0 saturated carbocycles. The van der Waals surface area contributed by atoms with Gasteiger partial charge < -0.3 is 25.0 Å². The van der Waals surface area contributed by atoms with Crippen LogP contribution in [0.4, 0.5) is 5.82 Å². The van der Waals surface area contributed by atoms with Crippen LogP contribution in [-0.2, 0) is 4.74 Å². The number of fused-ring (bicyclic) bond motifs is 1. The van der Waals surface area contributed by atoms with Crippen LogP contribution < -0.4 is 4.90 Å². The summed E-state index contributed by atoms with van der Waals surface area (Å²) in [5.74, 6) is 0.713. The minimum absolute atomic E-state index is 0.374. The van der Waals surface area contributed by atoms with E-state index in [-0.39, 0.29) is 6.61 Å². The molecular formula is C14H21N5O4. The Labute approximate surface area is 133 Å². The highest BCUT2D eigenvalue weighted by Gasteiger charge is 2.44. The van der Waals surface area contributed by atoms with Crippen LogP contribution in [0.25, 0.3) is 11.2 Å². The molecule has 4 atom stereocenters. The van der Waals surface area contributed by atoms with Crippen LogP contribution in [-0.4, -0.2) is 72.8 Å².